The number of hydrogen-bond donors (Lipinski definition) is 1. The fraction of sp³-hybridized carbons (Fsp3) is 0.381. The van der Waals surface area contributed by atoms with Crippen molar-refractivity contribution in [1.82, 2.24) is 9.62 Å². The summed E-state index contributed by atoms with van der Waals surface area (Å²) in [6.07, 6.45) is 3.85. The zero-order valence-electron chi connectivity index (χ0n) is 16.2. The van der Waals surface area contributed by atoms with Crippen LogP contribution < -0.4 is 5.32 Å². The van der Waals surface area contributed by atoms with Crippen molar-refractivity contribution in [2.75, 3.05) is 6.54 Å². The quantitative estimate of drug-likeness (QED) is 0.709. The van der Waals surface area contributed by atoms with Crippen LogP contribution in [0.25, 0.3) is 0 Å². The first-order chi connectivity index (χ1) is 13.8. The van der Waals surface area contributed by atoms with Gasteiger partial charge >= 0.3 is 0 Å². The number of rotatable bonds is 7. The Hall–Kier alpha value is -1.96. The second-order valence-corrected chi connectivity index (χ2v) is 9.68. The number of nitrogens with zero attached hydrogens (tertiary/aromatic N) is 1. The van der Waals surface area contributed by atoms with E-state index >= 15 is 0 Å². The summed E-state index contributed by atoms with van der Waals surface area (Å²) in [5.74, 6) is -1.02. The molecule has 156 valence electrons. The first-order valence-corrected chi connectivity index (χ1v) is 11.4. The molecule has 0 heterocycles. The predicted octanol–water partition coefficient (Wildman–Crippen LogP) is 4.04. The third-order valence-corrected chi connectivity index (χ3v) is 7.26. The maximum Gasteiger partial charge on any atom is 0.243 e. The summed E-state index contributed by atoms with van der Waals surface area (Å²) < 4.78 is 41.7. The summed E-state index contributed by atoms with van der Waals surface area (Å²) in [4.78, 5) is 12.6. The number of amides is 1. The van der Waals surface area contributed by atoms with Crippen LogP contribution in [0.2, 0.25) is 5.02 Å². The van der Waals surface area contributed by atoms with E-state index in [1.807, 2.05) is 6.92 Å². The lowest BCUT2D eigenvalue weighted by Crippen LogP contribution is -2.43. The van der Waals surface area contributed by atoms with Crippen LogP contribution in [0, 0.1) is 12.7 Å². The molecule has 0 radical (unpaired) electrons. The predicted molar refractivity (Wildman–Crippen MR) is 111 cm³/mol. The van der Waals surface area contributed by atoms with Crippen LogP contribution in [0.3, 0.4) is 0 Å². The van der Waals surface area contributed by atoms with Crippen molar-refractivity contribution < 1.29 is 17.6 Å². The van der Waals surface area contributed by atoms with E-state index in [0.29, 0.717) is 0 Å². The number of halogens is 2. The zero-order valence-corrected chi connectivity index (χ0v) is 17.8. The highest BCUT2D eigenvalue weighted by Crippen LogP contribution is 2.25. The van der Waals surface area contributed by atoms with Gasteiger partial charge in [0.15, 0.2) is 0 Å². The molecule has 1 N–H and O–H groups in total. The molecule has 1 fully saturated rings. The van der Waals surface area contributed by atoms with E-state index in [0.717, 1.165) is 35.6 Å². The van der Waals surface area contributed by atoms with Gasteiger partial charge in [-0.25, -0.2) is 12.8 Å². The second kappa shape index (κ2) is 9.24. The lowest BCUT2D eigenvalue weighted by atomic mass is 10.2. The maximum absolute atomic E-state index is 14.3. The average molecular weight is 439 g/mol. The fourth-order valence-corrected chi connectivity index (χ4v) is 5.04. The molecule has 2 aromatic rings. The van der Waals surface area contributed by atoms with Crippen molar-refractivity contribution in [1.29, 1.82) is 0 Å². The Bertz CT molecular complexity index is 954. The van der Waals surface area contributed by atoms with E-state index < -0.39 is 28.3 Å². The molecular weight excluding hydrogens is 415 g/mol. The molecule has 0 spiro atoms. The van der Waals surface area contributed by atoms with Gasteiger partial charge < -0.3 is 5.32 Å². The molecule has 0 atom stereocenters. The molecule has 0 saturated heterocycles. The summed E-state index contributed by atoms with van der Waals surface area (Å²) in [6.45, 7) is 1.11. The van der Waals surface area contributed by atoms with Crippen LogP contribution in [-0.4, -0.2) is 31.2 Å². The Morgan fingerprint density at radius 2 is 1.83 bits per heavy atom. The molecule has 1 amide bonds. The monoisotopic (exact) mass is 438 g/mol. The number of carbonyl (C=O) groups excluding carboxylic acids is 1. The van der Waals surface area contributed by atoms with Gasteiger partial charge in [0, 0.05) is 23.2 Å². The highest BCUT2D eigenvalue weighted by molar-refractivity contribution is 7.89. The topological polar surface area (TPSA) is 66.5 Å². The number of nitrogens with one attached hydrogen (secondary N) is 1. The first kappa shape index (κ1) is 21.7. The molecule has 3 rings (SSSR count). The van der Waals surface area contributed by atoms with Crippen molar-refractivity contribution in [3.05, 3.63) is 64.4 Å². The molecule has 0 bridgehead atoms. The largest absolute Gasteiger partial charge is 0.352 e. The van der Waals surface area contributed by atoms with Crippen LogP contribution in [0.4, 0.5) is 4.39 Å². The van der Waals surface area contributed by atoms with E-state index in [1.165, 1.54) is 30.3 Å². The van der Waals surface area contributed by atoms with E-state index in [-0.39, 0.29) is 28.1 Å². The summed E-state index contributed by atoms with van der Waals surface area (Å²) in [7, 11) is -4.03. The lowest BCUT2D eigenvalue weighted by Gasteiger charge is -2.23. The molecule has 5 nitrogen and oxygen atoms in total. The minimum atomic E-state index is -4.03. The standard InChI is InChI=1S/C21H24ClFN2O3S/c1-15-9-11-17(12-10-15)29(27,28)25(13-18-19(22)7-4-8-20(18)23)14-21(26)24-16-5-2-3-6-16/h4,7-12,16H,2-3,5-6,13-14H2,1H3,(H,24,26). The molecule has 29 heavy (non-hydrogen) atoms. The molecule has 1 saturated carbocycles. The van der Waals surface area contributed by atoms with Crippen LogP contribution in [0.15, 0.2) is 47.4 Å². The second-order valence-electron chi connectivity index (χ2n) is 7.34. The Morgan fingerprint density at radius 3 is 2.45 bits per heavy atom. The van der Waals surface area contributed by atoms with E-state index in [4.69, 9.17) is 11.6 Å². The van der Waals surface area contributed by atoms with Gasteiger partial charge in [-0.1, -0.05) is 48.2 Å². The zero-order chi connectivity index (χ0) is 21.0. The van der Waals surface area contributed by atoms with Gasteiger partial charge in [0.2, 0.25) is 15.9 Å². The van der Waals surface area contributed by atoms with Crippen LogP contribution in [0.1, 0.15) is 36.8 Å². The van der Waals surface area contributed by atoms with Crippen LogP contribution in [-0.2, 0) is 21.4 Å². The van der Waals surface area contributed by atoms with Crippen molar-refractivity contribution in [2.45, 2.75) is 50.1 Å². The third kappa shape index (κ3) is 5.35. The first-order valence-electron chi connectivity index (χ1n) is 9.56. The highest BCUT2D eigenvalue weighted by Gasteiger charge is 2.29. The van der Waals surface area contributed by atoms with Crippen molar-refractivity contribution in [3.63, 3.8) is 0 Å². The molecule has 0 aliphatic heterocycles. The molecule has 0 aromatic heterocycles. The van der Waals surface area contributed by atoms with Gasteiger partial charge in [0.1, 0.15) is 5.82 Å². The van der Waals surface area contributed by atoms with Crippen molar-refractivity contribution >= 4 is 27.5 Å². The summed E-state index contributed by atoms with van der Waals surface area (Å²) in [5.41, 5.74) is 0.949. The number of carbonyl (C=O) groups is 1. The summed E-state index contributed by atoms with van der Waals surface area (Å²) in [6, 6.07) is 10.5. The molecule has 8 heteroatoms. The van der Waals surface area contributed by atoms with Crippen LogP contribution in [0.5, 0.6) is 0 Å². The minimum absolute atomic E-state index is 0.0403. The Morgan fingerprint density at radius 1 is 1.17 bits per heavy atom. The molecule has 1 aliphatic carbocycles. The summed E-state index contributed by atoms with van der Waals surface area (Å²) >= 11 is 6.10. The molecule has 2 aromatic carbocycles. The van der Waals surface area contributed by atoms with Gasteiger partial charge in [-0.3, -0.25) is 4.79 Å². The van der Waals surface area contributed by atoms with E-state index in [1.54, 1.807) is 12.1 Å². The Kier molecular flexibility index (Phi) is 6.93. The Balaban J connectivity index is 1.89. The highest BCUT2D eigenvalue weighted by atomic mass is 35.5. The van der Waals surface area contributed by atoms with Gasteiger partial charge in [0.05, 0.1) is 11.4 Å². The number of hydrogen-bond acceptors (Lipinski definition) is 3. The molecule has 0 unspecified atom stereocenters. The normalized spacial score (nSPS) is 15.0. The number of aryl methyl sites for hydroxylation is 1. The van der Waals surface area contributed by atoms with Gasteiger partial charge in [-0.2, -0.15) is 4.31 Å². The SMILES string of the molecule is Cc1ccc(S(=O)(=O)N(CC(=O)NC2CCCC2)Cc2c(F)cccc2Cl)cc1. The minimum Gasteiger partial charge on any atom is -0.352 e. The van der Waals surface area contributed by atoms with Crippen molar-refractivity contribution in [3.8, 4) is 0 Å². The third-order valence-electron chi connectivity index (χ3n) is 5.10. The Labute approximate surface area is 175 Å². The van der Waals surface area contributed by atoms with Gasteiger partial charge in [-0.15, -0.1) is 0 Å². The summed E-state index contributed by atoms with van der Waals surface area (Å²) in [5, 5.41) is 3.00. The molecular formula is C21H24ClFN2O3S. The number of benzene rings is 2. The fourth-order valence-electron chi connectivity index (χ4n) is 3.45. The molecule has 1 aliphatic rings. The van der Waals surface area contributed by atoms with Gasteiger partial charge in [-0.05, 0) is 44.0 Å². The van der Waals surface area contributed by atoms with Crippen molar-refractivity contribution in [2.24, 2.45) is 0 Å². The maximum atomic E-state index is 14.3. The smallest absolute Gasteiger partial charge is 0.243 e. The van der Waals surface area contributed by atoms with Gasteiger partial charge in [0.25, 0.3) is 0 Å². The lowest BCUT2D eigenvalue weighted by molar-refractivity contribution is -0.122. The average Bonchev–Trinajstić information content (AvgIpc) is 3.17. The van der Waals surface area contributed by atoms with E-state index in [9.17, 15) is 17.6 Å². The van der Waals surface area contributed by atoms with E-state index in [2.05, 4.69) is 5.32 Å². The number of sulfonamides is 1. The van der Waals surface area contributed by atoms with Crippen LogP contribution >= 0.6 is 11.6 Å².